The Morgan fingerprint density at radius 1 is 1.45 bits per heavy atom. The van der Waals surface area contributed by atoms with Gasteiger partial charge < -0.3 is 5.73 Å². The molecule has 1 aliphatic rings. The van der Waals surface area contributed by atoms with E-state index >= 15 is 0 Å². The SMILES string of the molecule is N[C@@H]1CC=C(C(F)(F)F)CC1. The number of rotatable bonds is 0. The fourth-order valence-corrected chi connectivity index (χ4v) is 1.11. The molecule has 0 aromatic carbocycles. The summed E-state index contributed by atoms with van der Waals surface area (Å²) < 4.78 is 35.9. The Labute approximate surface area is 63.1 Å². The first-order chi connectivity index (χ1) is 5.00. The number of hydrogen-bond acceptors (Lipinski definition) is 1. The first-order valence-electron chi connectivity index (χ1n) is 3.52. The summed E-state index contributed by atoms with van der Waals surface area (Å²) in [6.07, 6.45) is -2.06. The van der Waals surface area contributed by atoms with Crippen LogP contribution in [0, 0.1) is 0 Å². The summed E-state index contributed by atoms with van der Waals surface area (Å²) in [6.45, 7) is 0. The Balaban J connectivity index is 2.62. The number of alkyl halides is 3. The van der Waals surface area contributed by atoms with Gasteiger partial charge in [-0.3, -0.25) is 0 Å². The molecule has 0 aromatic heterocycles. The van der Waals surface area contributed by atoms with Crippen molar-refractivity contribution in [2.75, 3.05) is 0 Å². The Bertz CT molecular complexity index is 171. The molecule has 0 heterocycles. The fraction of sp³-hybridized carbons (Fsp3) is 0.714. The highest BCUT2D eigenvalue weighted by molar-refractivity contribution is 5.12. The maximum absolute atomic E-state index is 12.0. The standard InChI is InChI=1S/C7H10F3N/c8-7(9,10)5-1-3-6(11)4-2-5/h1,6H,2-4,11H2/t6-/m1/s1. The molecular weight excluding hydrogens is 155 g/mol. The number of allylic oxidation sites excluding steroid dienone is 1. The molecule has 0 radical (unpaired) electrons. The van der Waals surface area contributed by atoms with Crippen molar-refractivity contribution in [1.29, 1.82) is 0 Å². The van der Waals surface area contributed by atoms with E-state index in [9.17, 15) is 13.2 Å². The first-order valence-corrected chi connectivity index (χ1v) is 3.52. The third-order valence-corrected chi connectivity index (χ3v) is 1.82. The molecule has 11 heavy (non-hydrogen) atoms. The summed E-state index contributed by atoms with van der Waals surface area (Å²) in [6, 6.07) is -0.0823. The minimum atomic E-state index is -4.14. The second-order valence-electron chi connectivity index (χ2n) is 2.76. The Hall–Kier alpha value is -0.510. The highest BCUT2D eigenvalue weighted by Crippen LogP contribution is 2.32. The summed E-state index contributed by atoms with van der Waals surface area (Å²) >= 11 is 0. The van der Waals surface area contributed by atoms with E-state index in [0.29, 0.717) is 12.8 Å². The quantitative estimate of drug-likeness (QED) is 0.546. The Kier molecular flexibility index (Phi) is 2.23. The molecule has 2 N–H and O–H groups in total. The molecule has 0 saturated carbocycles. The molecule has 0 amide bonds. The van der Waals surface area contributed by atoms with Crippen molar-refractivity contribution < 1.29 is 13.2 Å². The van der Waals surface area contributed by atoms with Crippen molar-refractivity contribution in [2.45, 2.75) is 31.5 Å². The van der Waals surface area contributed by atoms with E-state index in [1.807, 2.05) is 0 Å². The molecule has 64 valence electrons. The normalized spacial score (nSPS) is 26.5. The van der Waals surface area contributed by atoms with Crippen LogP contribution in [0.25, 0.3) is 0 Å². The number of hydrogen-bond donors (Lipinski definition) is 1. The zero-order valence-corrected chi connectivity index (χ0v) is 5.99. The van der Waals surface area contributed by atoms with Gasteiger partial charge in [0.2, 0.25) is 0 Å². The lowest BCUT2D eigenvalue weighted by molar-refractivity contribution is -0.0951. The summed E-state index contributed by atoms with van der Waals surface area (Å²) in [5.41, 5.74) is 5.01. The topological polar surface area (TPSA) is 26.0 Å². The lowest BCUT2D eigenvalue weighted by atomic mass is 9.96. The molecule has 1 rings (SSSR count). The van der Waals surface area contributed by atoms with Crippen molar-refractivity contribution in [2.24, 2.45) is 5.73 Å². The smallest absolute Gasteiger partial charge is 0.327 e. The average molecular weight is 165 g/mol. The van der Waals surface area contributed by atoms with Crippen LogP contribution in [0.2, 0.25) is 0 Å². The lowest BCUT2D eigenvalue weighted by Crippen LogP contribution is -2.25. The average Bonchev–Trinajstić information content (AvgIpc) is 1.86. The molecule has 0 bridgehead atoms. The van der Waals surface area contributed by atoms with Crippen molar-refractivity contribution in [3.05, 3.63) is 11.6 Å². The second kappa shape index (κ2) is 2.85. The van der Waals surface area contributed by atoms with E-state index in [4.69, 9.17) is 5.73 Å². The van der Waals surface area contributed by atoms with E-state index in [2.05, 4.69) is 0 Å². The molecule has 0 aliphatic heterocycles. The van der Waals surface area contributed by atoms with Crippen LogP contribution in [-0.2, 0) is 0 Å². The first kappa shape index (κ1) is 8.59. The van der Waals surface area contributed by atoms with Crippen LogP contribution >= 0.6 is 0 Å². The van der Waals surface area contributed by atoms with Gasteiger partial charge in [-0.05, 0) is 19.3 Å². The molecule has 0 spiro atoms. The highest BCUT2D eigenvalue weighted by atomic mass is 19.4. The van der Waals surface area contributed by atoms with Gasteiger partial charge in [-0.25, -0.2) is 0 Å². The molecule has 0 fully saturated rings. The molecule has 0 saturated heterocycles. The number of nitrogens with two attached hydrogens (primary N) is 1. The second-order valence-corrected chi connectivity index (χ2v) is 2.76. The van der Waals surface area contributed by atoms with E-state index in [-0.39, 0.29) is 12.5 Å². The van der Waals surface area contributed by atoms with Crippen LogP contribution in [0.4, 0.5) is 13.2 Å². The van der Waals surface area contributed by atoms with Gasteiger partial charge in [0.05, 0.1) is 0 Å². The summed E-state index contributed by atoms with van der Waals surface area (Å²) in [5, 5.41) is 0. The van der Waals surface area contributed by atoms with Gasteiger partial charge in [-0.15, -0.1) is 0 Å². The molecule has 0 aromatic rings. The van der Waals surface area contributed by atoms with Crippen molar-refractivity contribution >= 4 is 0 Å². The summed E-state index contributed by atoms with van der Waals surface area (Å²) in [7, 11) is 0. The van der Waals surface area contributed by atoms with E-state index in [1.54, 1.807) is 0 Å². The summed E-state index contributed by atoms with van der Waals surface area (Å²) in [4.78, 5) is 0. The monoisotopic (exact) mass is 165 g/mol. The number of halogens is 3. The molecule has 1 aliphatic carbocycles. The van der Waals surface area contributed by atoms with Crippen molar-refractivity contribution in [3.8, 4) is 0 Å². The van der Waals surface area contributed by atoms with Crippen LogP contribution in [0.1, 0.15) is 19.3 Å². The minimum Gasteiger partial charge on any atom is -0.327 e. The van der Waals surface area contributed by atoms with Crippen molar-refractivity contribution in [1.82, 2.24) is 0 Å². The van der Waals surface area contributed by atoms with Crippen LogP contribution in [-0.4, -0.2) is 12.2 Å². The van der Waals surface area contributed by atoms with Crippen LogP contribution in [0.3, 0.4) is 0 Å². The molecule has 4 heteroatoms. The van der Waals surface area contributed by atoms with E-state index < -0.39 is 11.7 Å². The predicted molar refractivity (Wildman–Crippen MR) is 36.0 cm³/mol. The molecule has 0 unspecified atom stereocenters. The third kappa shape index (κ3) is 2.22. The molecule has 1 atom stereocenters. The third-order valence-electron chi connectivity index (χ3n) is 1.82. The van der Waals surface area contributed by atoms with Gasteiger partial charge in [0.1, 0.15) is 0 Å². The van der Waals surface area contributed by atoms with Gasteiger partial charge >= 0.3 is 6.18 Å². The van der Waals surface area contributed by atoms with Crippen LogP contribution in [0.5, 0.6) is 0 Å². The maximum atomic E-state index is 12.0. The molecular formula is C7H10F3N. The Morgan fingerprint density at radius 3 is 2.45 bits per heavy atom. The predicted octanol–water partition coefficient (Wildman–Crippen LogP) is 1.99. The van der Waals surface area contributed by atoms with Gasteiger partial charge in [0.25, 0.3) is 0 Å². The Morgan fingerprint density at radius 2 is 2.09 bits per heavy atom. The van der Waals surface area contributed by atoms with Crippen LogP contribution in [0.15, 0.2) is 11.6 Å². The fourth-order valence-electron chi connectivity index (χ4n) is 1.11. The van der Waals surface area contributed by atoms with Gasteiger partial charge in [0, 0.05) is 11.6 Å². The minimum absolute atomic E-state index is 0.0741. The van der Waals surface area contributed by atoms with Crippen LogP contribution < -0.4 is 5.73 Å². The largest absolute Gasteiger partial charge is 0.412 e. The van der Waals surface area contributed by atoms with Gasteiger partial charge in [-0.2, -0.15) is 13.2 Å². The van der Waals surface area contributed by atoms with E-state index in [1.165, 1.54) is 6.08 Å². The van der Waals surface area contributed by atoms with Gasteiger partial charge in [-0.1, -0.05) is 6.08 Å². The van der Waals surface area contributed by atoms with Gasteiger partial charge in [0.15, 0.2) is 0 Å². The zero-order chi connectivity index (χ0) is 8.48. The lowest BCUT2D eigenvalue weighted by Gasteiger charge is -2.19. The zero-order valence-electron chi connectivity index (χ0n) is 5.99. The highest BCUT2D eigenvalue weighted by Gasteiger charge is 2.34. The van der Waals surface area contributed by atoms with Crippen molar-refractivity contribution in [3.63, 3.8) is 0 Å². The molecule has 1 nitrogen and oxygen atoms in total. The van der Waals surface area contributed by atoms with E-state index in [0.717, 1.165) is 0 Å². The summed E-state index contributed by atoms with van der Waals surface area (Å²) in [5.74, 6) is 0. The maximum Gasteiger partial charge on any atom is 0.412 e.